The van der Waals surface area contributed by atoms with E-state index in [1.807, 2.05) is 13.8 Å². The van der Waals surface area contributed by atoms with Crippen molar-refractivity contribution in [3.63, 3.8) is 0 Å². The second-order valence-electron chi connectivity index (χ2n) is 20.0. The molecule has 1 saturated heterocycles. The van der Waals surface area contributed by atoms with Crippen LogP contribution in [0.4, 0.5) is 0 Å². The Bertz CT molecular complexity index is 2110. The molecule has 1 aromatic carbocycles. The van der Waals surface area contributed by atoms with Crippen LogP contribution in [0.3, 0.4) is 0 Å². The van der Waals surface area contributed by atoms with Gasteiger partial charge in [-0.2, -0.15) is 0 Å². The second kappa shape index (κ2) is 32.5. The average molecular weight is 1060 g/mol. The normalized spacial score (nSPS) is 16.5. The molecule has 15 N–H and O–H groups in total. The van der Waals surface area contributed by atoms with Gasteiger partial charge in [0, 0.05) is 25.8 Å². The summed E-state index contributed by atoms with van der Waals surface area (Å²) < 4.78 is 0. The molecule has 2 rings (SSSR count). The van der Waals surface area contributed by atoms with Gasteiger partial charge in [0.25, 0.3) is 0 Å². The minimum Gasteiger partial charge on any atom is -0.481 e. The molecule has 0 saturated carbocycles. The number of carboxylic acids is 3. The fourth-order valence-corrected chi connectivity index (χ4v) is 8.28. The topological polar surface area (TPSA) is 408 Å². The first kappa shape index (κ1) is 64.4. The highest BCUT2D eigenvalue weighted by atomic mass is 16.4. The number of aliphatic hydroxyl groups excluding tert-OH is 1. The molecule has 25 heteroatoms. The van der Waals surface area contributed by atoms with Crippen LogP contribution in [0.5, 0.6) is 0 Å². The number of likely N-dealkylation sites (tertiary alicyclic amines) is 1. The fourth-order valence-electron chi connectivity index (χ4n) is 8.28. The number of amides is 8. The van der Waals surface area contributed by atoms with Crippen molar-refractivity contribution in [2.45, 2.75) is 173 Å². The molecule has 0 unspecified atom stereocenters. The molecule has 0 radical (unpaired) electrons. The molecule has 0 bridgehead atoms. The van der Waals surface area contributed by atoms with Gasteiger partial charge < -0.3 is 74.0 Å². The molecule has 420 valence electrons. The first-order valence-electron chi connectivity index (χ1n) is 25.5. The highest BCUT2D eigenvalue weighted by Crippen LogP contribution is 2.21. The lowest BCUT2D eigenvalue weighted by Crippen LogP contribution is -2.60. The lowest BCUT2D eigenvalue weighted by Gasteiger charge is -2.31. The number of hydrogen-bond donors (Lipinski definition) is 13. The second-order valence-corrected chi connectivity index (χ2v) is 20.0. The molecule has 0 aliphatic carbocycles. The maximum absolute atomic E-state index is 14.5. The number of carbonyl (C=O) groups is 11. The average Bonchev–Trinajstić information content (AvgIpc) is 3.84. The van der Waals surface area contributed by atoms with Crippen molar-refractivity contribution in [2.24, 2.45) is 29.2 Å². The van der Waals surface area contributed by atoms with Crippen molar-refractivity contribution >= 4 is 65.2 Å². The molecule has 1 aromatic rings. The molecular weight excluding hydrogens is 981 g/mol. The third-order valence-corrected chi connectivity index (χ3v) is 12.3. The van der Waals surface area contributed by atoms with Gasteiger partial charge in [0.2, 0.25) is 47.3 Å². The summed E-state index contributed by atoms with van der Waals surface area (Å²) in [5.74, 6) is -11.7. The summed E-state index contributed by atoms with van der Waals surface area (Å²) in [6, 6.07) is -3.51. The Balaban J connectivity index is 2.45. The highest BCUT2D eigenvalue weighted by molar-refractivity contribution is 5.98. The maximum atomic E-state index is 14.5. The van der Waals surface area contributed by atoms with Crippen LogP contribution in [-0.2, 0) is 59.2 Å². The lowest BCUT2D eigenvalue weighted by molar-refractivity contribution is -0.144. The summed E-state index contributed by atoms with van der Waals surface area (Å²) in [7, 11) is 0. The van der Waals surface area contributed by atoms with Gasteiger partial charge in [-0.15, -0.1) is 0 Å². The first-order valence-corrected chi connectivity index (χ1v) is 25.5. The minimum atomic E-state index is -1.58. The molecule has 1 aliphatic heterocycles. The minimum absolute atomic E-state index is 0.0176. The number of hydrogen-bond acceptors (Lipinski definition) is 14. The van der Waals surface area contributed by atoms with Crippen molar-refractivity contribution in [3.8, 4) is 0 Å². The summed E-state index contributed by atoms with van der Waals surface area (Å²) in [6.07, 6.45) is -0.924. The van der Waals surface area contributed by atoms with E-state index in [2.05, 4.69) is 37.2 Å². The van der Waals surface area contributed by atoms with E-state index in [1.165, 1.54) is 4.90 Å². The number of unbranched alkanes of at least 4 members (excludes halogenated alkanes) is 1. The van der Waals surface area contributed by atoms with Crippen molar-refractivity contribution in [1.82, 2.24) is 42.1 Å². The zero-order valence-corrected chi connectivity index (χ0v) is 43.8. The fraction of sp³-hybridized carbons (Fsp3) is 0.660. The largest absolute Gasteiger partial charge is 0.481 e. The molecule has 1 aliphatic rings. The predicted molar refractivity (Wildman–Crippen MR) is 271 cm³/mol. The Morgan fingerprint density at radius 3 is 1.52 bits per heavy atom. The molecule has 8 amide bonds. The lowest BCUT2D eigenvalue weighted by atomic mass is 10.00. The van der Waals surface area contributed by atoms with E-state index in [0.717, 1.165) is 0 Å². The van der Waals surface area contributed by atoms with Gasteiger partial charge in [0.05, 0.1) is 6.61 Å². The number of carbonyl (C=O) groups excluding carboxylic acids is 8. The molecule has 1 fully saturated rings. The van der Waals surface area contributed by atoms with Crippen LogP contribution in [0.2, 0.25) is 0 Å². The van der Waals surface area contributed by atoms with Gasteiger partial charge in [0.1, 0.15) is 54.4 Å². The van der Waals surface area contributed by atoms with Gasteiger partial charge in [-0.3, -0.25) is 47.9 Å². The number of benzene rings is 1. The molecule has 0 spiro atoms. The van der Waals surface area contributed by atoms with Crippen LogP contribution < -0.4 is 48.7 Å². The Morgan fingerprint density at radius 1 is 0.600 bits per heavy atom. The number of nitrogens with zero attached hydrogens (tertiary/aromatic N) is 1. The number of aliphatic hydroxyl groups is 1. The van der Waals surface area contributed by atoms with E-state index in [1.54, 1.807) is 58.0 Å². The molecule has 9 atom stereocenters. The molecular formula is C50H80N10O15. The predicted octanol–water partition coefficient (Wildman–Crippen LogP) is -1.38. The van der Waals surface area contributed by atoms with E-state index in [-0.39, 0.29) is 63.5 Å². The Labute approximate surface area is 437 Å². The standard InChI is InChI=1S/C50H80N10O15/c1-27(2)23-35(56-42(66)31(52)26-61)47(71)58-37(25-30-13-8-7-9-14-30)49(73)60-22-12-16-38(60)48(72)55-33(17-19-39(62)63)44(68)53-32(15-10-11-21-51)43(67)57-36(24-28(3)4)46(70)54-34(18-20-40(64)65)45(69)59-41(29(5)6)50(74)75/h7-9,13-14,27-29,31-38,41,61H,10-12,15-26,51-52H2,1-6H3,(H,53,68)(H,54,70)(H,55,72)(H,56,66)(H,57,67)(H,58,71)(H,59,69)(H,62,63)(H,64,65)(H,74,75)/t31-,32-,33-,34-,35-,36-,37-,38-,41-/m0/s1. The molecule has 1 heterocycles. The Morgan fingerprint density at radius 2 is 1.05 bits per heavy atom. The van der Waals surface area contributed by atoms with Gasteiger partial charge in [-0.25, -0.2) is 4.79 Å². The molecule has 0 aromatic heterocycles. The van der Waals surface area contributed by atoms with Crippen molar-refractivity contribution in [1.29, 1.82) is 0 Å². The third-order valence-electron chi connectivity index (χ3n) is 12.3. The van der Waals surface area contributed by atoms with Crippen LogP contribution in [0, 0.1) is 17.8 Å². The highest BCUT2D eigenvalue weighted by Gasteiger charge is 2.41. The summed E-state index contributed by atoms with van der Waals surface area (Å²) >= 11 is 0. The summed E-state index contributed by atoms with van der Waals surface area (Å²) in [6.45, 7) is 9.77. The molecule has 25 nitrogen and oxygen atoms in total. The van der Waals surface area contributed by atoms with Gasteiger partial charge in [-0.1, -0.05) is 71.9 Å². The van der Waals surface area contributed by atoms with E-state index in [4.69, 9.17) is 11.5 Å². The number of rotatable bonds is 34. The zero-order chi connectivity index (χ0) is 56.5. The van der Waals surface area contributed by atoms with Crippen LogP contribution in [0.25, 0.3) is 0 Å². The van der Waals surface area contributed by atoms with Crippen LogP contribution in [-0.4, -0.2) is 165 Å². The number of nitrogens with two attached hydrogens (primary N) is 2. The smallest absolute Gasteiger partial charge is 0.326 e. The molecule has 75 heavy (non-hydrogen) atoms. The SMILES string of the molecule is CC(C)C[C@H](NC(=O)[C@H](CCCCN)NC(=O)[C@H](CCC(=O)O)NC(=O)[C@@H]1CCCN1C(=O)[C@H](Cc1ccccc1)NC(=O)[C@H](CC(C)C)NC(=O)[C@@H](N)CO)C(=O)N[C@@H](CCC(=O)O)C(=O)N[C@H](C(=O)O)C(C)C. The van der Waals surface area contributed by atoms with Crippen molar-refractivity contribution < 1.29 is 73.2 Å². The van der Waals surface area contributed by atoms with E-state index in [9.17, 15) is 73.2 Å². The zero-order valence-electron chi connectivity index (χ0n) is 43.8. The van der Waals surface area contributed by atoms with Crippen LogP contribution in [0.15, 0.2) is 30.3 Å². The number of carboxylic acid groups (broad SMARTS) is 3. The summed E-state index contributed by atoms with van der Waals surface area (Å²) in [4.78, 5) is 147. The summed E-state index contributed by atoms with van der Waals surface area (Å²) in [5, 5.41) is 55.9. The Hall–Kier alpha value is -6.73. The van der Waals surface area contributed by atoms with Gasteiger partial charge in [-0.05, 0) is 87.6 Å². The van der Waals surface area contributed by atoms with Gasteiger partial charge >= 0.3 is 17.9 Å². The number of aliphatic carboxylic acids is 3. The Kier molecular flexibility index (Phi) is 27.9. The maximum Gasteiger partial charge on any atom is 0.326 e. The van der Waals surface area contributed by atoms with E-state index in [0.29, 0.717) is 18.4 Å². The summed E-state index contributed by atoms with van der Waals surface area (Å²) in [5.41, 5.74) is 12.1. The number of nitrogens with one attached hydrogen (secondary N) is 7. The van der Waals surface area contributed by atoms with Crippen molar-refractivity contribution in [3.05, 3.63) is 35.9 Å². The first-order chi connectivity index (χ1) is 35.3. The van der Waals surface area contributed by atoms with Crippen LogP contribution in [0.1, 0.15) is 118 Å². The van der Waals surface area contributed by atoms with Crippen molar-refractivity contribution in [2.75, 3.05) is 19.7 Å². The third kappa shape index (κ3) is 22.7. The van der Waals surface area contributed by atoms with E-state index >= 15 is 0 Å². The quantitative estimate of drug-likeness (QED) is 0.0354. The monoisotopic (exact) mass is 1060 g/mol. The van der Waals surface area contributed by atoms with E-state index < -0.39 is 158 Å². The van der Waals surface area contributed by atoms with Gasteiger partial charge in [0.15, 0.2) is 0 Å². The van der Waals surface area contributed by atoms with Crippen LogP contribution >= 0.6 is 0 Å².